The number of rotatable bonds is 2. The lowest BCUT2D eigenvalue weighted by Gasteiger charge is -2.18. The maximum Gasteiger partial charge on any atom is 0.272 e. The van der Waals surface area contributed by atoms with Crippen LogP contribution in [0.1, 0.15) is 22.3 Å². The van der Waals surface area contributed by atoms with Crippen molar-refractivity contribution >= 4 is 11.6 Å². The monoisotopic (exact) mass is 267 g/mol. The third-order valence-electron chi connectivity index (χ3n) is 3.01. The van der Waals surface area contributed by atoms with Gasteiger partial charge >= 0.3 is 0 Å². The average Bonchev–Trinajstić information content (AvgIpc) is 2.53. The molecule has 2 aromatic rings. The fourth-order valence-corrected chi connectivity index (χ4v) is 2.02. The molecule has 0 aliphatic carbocycles. The number of nitrogens with zero attached hydrogens (tertiary/aromatic N) is 2. The minimum atomic E-state index is -0.269. The molecule has 0 saturated heterocycles. The molecule has 3 rings (SSSR count). The highest BCUT2D eigenvalue weighted by Crippen LogP contribution is 2.24. The Labute approximate surface area is 116 Å². The summed E-state index contributed by atoms with van der Waals surface area (Å²) in [5.74, 6) is 0.530. The molecule has 1 aromatic carbocycles. The average molecular weight is 267 g/mol. The highest BCUT2D eigenvalue weighted by Gasteiger charge is 2.16. The molecule has 5 nitrogen and oxygen atoms in total. The van der Waals surface area contributed by atoms with Crippen LogP contribution in [0.4, 0.5) is 0 Å². The van der Waals surface area contributed by atoms with Gasteiger partial charge in [0.2, 0.25) is 0 Å². The Hall–Kier alpha value is -2.69. The smallest absolute Gasteiger partial charge is 0.272 e. The highest BCUT2D eigenvalue weighted by molar-refractivity contribution is 6.04. The van der Waals surface area contributed by atoms with Crippen molar-refractivity contribution in [1.82, 2.24) is 10.4 Å². The van der Waals surface area contributed by atoms with Crippen LogP contribution < -0.4 is 10.2 Å². The van der Waals surface area contributed by atoms with E-state index in [2.05, 4.69) is 15.5 Å². The lowest BCUT2D eigenvalue weighted by molar-refractivity contribution is 0.0954. The summed E-state index contributed by atoms with van der Waals surface area (Å²) in [6.07, 6.45) is 3.80. The number of pyridine rings is 1. The summed E-state index contributed by atoms with van der Waals surface area (Å²) in [4.78, 5) is 15.8. The molecule has 0 fully saturated rings. The Morgan fingerprint density at radius 1 is 1.25 bits per heavy atom. The van der Waals surface area contributed by atoms with Crippen molar-refractivity contribution in [3.8, 4) is 5.75 Å². The van der Waals surface area contributed by atoms with Gasteiger partial charge in [0.05, 0.1) is 17.9 Å². The Balaban J connectivity index is 1.79. The molecule has 20 heavy (non-hydrogen) atoms. The third kappa shape index (κ3) is 2.51. The first kappa shape index (κ1) is 12.3. The van der Waals surface area contributed by atoms with E-state index in [4.69, 9.17) is 4.74 Å². The number of ether oxygens (including phenoxy) is 1. The van der Waals surface area contributed by atoms with Crippen LogP contribution in [0.5, 0.6) is 5.75 Å². The second-order valence-electron chi connectivity index (χ2n) is 4.34. The van der Waals surface area contributed by atoms with E-state index in [1.54, 1.807) is 18.3 Å². The third-order valence-corrected chi connectivity index (χ3v) is 3.01. The van der Waals surface area contributed by atoms with Crippen molar-refractivity contribution < 1.29 is 9.53 Å². The number of amides is 1. The summed E-state index contributed by atoms with van der Waals surface area (Å²) < 4.78 is 5.54. The predicted molar refractivity (Wildman–Crippen MR) is 74.8 cm³/mol. The van der Waals surface area contributed by atoms with Gasteiger partial charge in [0.15, 0.2) is 0 Å². The van der Waals surface area contributed by atoms with E-state index in [0.717, 1.165) is 17.0 Å². The van der Waals surface area contributed by atoms with E-state index in [1.165, 1.54) is 6.20 Å². The molecule has 0 radical (unpaired) electrons. The second-order valence-corrected chi connectivity index (χ2v) is 4.34. The van der Waals surface area contributed by atoms with Crippen LogP contribution in [0.2, 0.25) is 0 Å². The molecule has 1 N–H and O–H groups in total. The summed E-state index contributed by atoms with van der Waals surface area (Å²) in [5, 5.41) is 4.21. The van der Waals surface area contributed by atoms with Crippen molar-refractivity contribution in [2.45, 2.75) is 6.42 Å². The van der Waals surface area contributed by atoms with Crippen molar-refractivity contribution in [3.63, 3.8) is 0 Å². The Bertz CT molecular complexity index is 653. The number of hydrogen-bond donors (Lipinski definition) is 1. The number of hydrogen-bond acceptors (Lipinski definition) is 4. The zero-order valence-electron chi connectivity index (χ0n) is 10.7. The van der Waals surface area contributed by atoms with Gasteiger partial charge in [0.25, 0.3) is 5.91 Å². The number of fused-ring (bicyclic) bond motifs is 1. The van der Waals surface area contributed by atoms with Crippen molar-refractivity contribution in [2.75, 3.05) is 6.61 Å². The van der Waals surface area contributed by atoms with E-state index in [0.29, 0.717) is 18.6 Å². The Morgan fingerprint density at radius 2 is 2.15 bits per heavy atom. The van der Waals surface area contributed by atoms with E-state index >= 15 is 0 Å². The van der Waals surface area contributed by atoms with Gasteiger partial charge < -0.3 is 4.74 Å². The van der Waals surface area contributed by atoms with Crippen LogP contribution >= 0.6 is 0 Å². The largest absolute Gasteiger partial charge is 0.492 e. The van der Waals surface area contributed by atoms with Crippen LogP contribution in [0.3, 0.4) is 0 Å². The van der Waals surface area contributed by atoms with Crippen molar-refractivity contribution in [2.24, 2.45) is 5.10 Å². The first-order valence-electron chi connectivity index (χ1n) is 6.34. The summed E-state index contributed by atoms with van der Waals surface area (Å²) >= 11 is 0. The van der Waals surface area contributed by atoms with Gasteiger partial charge in [0, 0.05) is 24.4 Å². The van der Waals surface area contributed by atoms with E-state index in [9.17, 15) is 4.79 Å². The zero-order valence-corrected chi connectivity index (χ0v) is 10.7. The lowest BCUT2D eigenvalue weighted by Crippen LogP contribution is -2.23. The van der Waals surface area contributed by atoms with Crippen molar-refractivity contribution in [1.29, 1.82) is 0 Å². The lowest BCUT2D eigenvalue weighted by atomic mass is 10.0. The van der Waals surface area contributed by atoms with Gasteiger partial charge in [-0.3, -0.25) is 9.78 Å². The SMILES string of the molecule is O=C(N/N=C1/CCOc2ccccc21)c1cccnc1. The molecule has 1 aliphatic heterocycles. The van der Waals surface area contributed by atoms with Crippen molar-refractivity contribution in [3.05, 3.63) is 59.9 Å². The van der Waals surface area contributed by atoms with Gasteiger partial charge in [-0.05, 0) is 24.3 Å². The van der Waals surface area contributed by atoms with E-state index in [-0.39, 0.29) is 5.91 Å². The quantitative estimate of drug-likeness (QED) is 0.846. The molecule has 100 valence electrons. The number of hydrazone groups is 1. The van der Waals surface area contributed by atoms with E-state index in [1.807, 2.05) is 24.3 Å². The maximum atomic E-state index is 11.9. The summed E-state index contributed by atoms with van der Waals surface area (Å²) in [6, 6.07) is 11.1. The van der Waals surface area contributed by atoms with Crippen LogP contribution in [0.25, 0.3) is 0 Å². The topological polar surface area (TPSA) is 63.6 Å². The highest BCUT2D eigenvalue weighted by atomic mass is 16.5. The predicted octanol–water partition coefficient (Wildman–Crippen LogP) is 2.00. The van der Waals surface area contributed by atoms with Gasteiger partial charge in [-0.2, -0.15) is 5.10 Å². The normalized spacial score (nSPS) is 15.3. The van der Waals surface area contributed by atoms with Crippen LogP contribution in [-0.4, -0.2) is 23.2 Å². The number of carbonyl (C=O) groups is 1. The fourth-order valence-electron chi connectivity index (χ4n) is 2.02. The Kier molecular flexibility index (Phi) is 3.41. The minimum Gasteiger partial charge on any atom is -0.492 e. The standard InChI is InChI=1S/C15H13N3O2/c19-15(11-4-3-8-16-10-11)18-17-13-7-9-20-14-6-2-1-5-12(13)14/h1-6,8,10H,7,9H2,(H,18,19)/b17-13-. The zero-order chi connectivity index (χ0) is 13.8. The van der Waals surface area contributed by atoms with Gasteiger partial charge in [-0.1, -0.05) is 12.1 Å². The first-order chi connectivity index (χ1) is 9.84. The van der Waals surface area contributed by atoms with Crippen LogP contribution in [0.15, 0.2) is 53.9 Å². The molecular weight excluding hydrogens is 254 g/mol. The van der Waals surface area contributed by atoms with Gasteiger partial charge in [0.1, 0.15) is 5.75 Å². The van der Waals surface area contributed by atoms with Gasteiger partial charge in [-0.15, -0.1) is 0 Å². The summed E-state index contributed by atoms with van der Waals surface area (Å²) in [5.41, 5.74) is 4.79. The van der Waals surface area contributed by atoms with Gasteiger partial charge in [-0.25, -0.2) is 5.43 Å². The number of aromatic nitrogens is 1. The number of benzene rings is 1. The molecule has 0 bridgehead atoms. The molecule has 1 amide bonds. The number of nitrogens with one attached hydrogen (secondary N) is 1. The first-order valence-corrected chi connectivity index (χ1v) is 6.34. The molecule has 0 saturated carbocycles. The van der Waals surface area contributed by atoms with Crippen LogP contribution in [-0.2, 0) is 0 Å². The molecule has 5 heteroatoms. The molecule has 0 atom stereocenters. The summed E-state index contributed by atoms with van der Waals surface area (Å²) in [6.45, 7) is 0.568. The minimum absolute atomic E-state index is 0.269. The molecule has 1 aromatic heterocycles. The number of para-hydroxylation sites is 1. The second kappa shape index (κ2) is 5.52. The molecule has 0 spiro atoms. The molecule has 2 heterocycles. The molecule has 1 aliphatic rings. The molecular formula is C15H13N3O2. The fraction of sp³-hybridized carbons (Fsp3) is 0.133. The maximum absolute atomic E-state index is 11.9. The van der Waals surface area contributed by atoms with E-state index < -0.39 is 0 Å². The summed E-state index contributed by atoms with van der Waals surface area (Å²) in [7, 11) is 0. The molecule has 0 unspecified atom stereocenters. The Morgan fingerprint density at radius 3 is 3.00 bits per heavy atom. The van der Waals surface area contributed by atoms with Crippen LogP contribution in [0, 0.1) is 0 Å². The number of carbonyl (C=O) groups excluding carboxylic acids is 1.